The van der Waals surface area contributed by atoms with Crippen molar-refractivity contribution >= 4 is 64.3 Å². The lowest BCUT2D eigenvalue weighted by atomic mass is 10.1. The molecule has 216 valence electrons. The summed E-state index contributed by atoms with van der Waals surface area (Å²) in [6.07, 6.45) is -0.0202. The van der Waals surface area contributed by atoms with Crippen LogP contribution in [0.1, 0.15) is 39.2 Å². The molecule has 1 aromatic heterocycles. The molecule has 5 rings (SSSR count). The van der Waals surface area contributed by atoms with Crippen LogP contribution in [0.25, 0.3) is 0 Å². The lowest BCUT2D eigenvalue weighted by molar-refractivity contribution is 0.0740. The van der Waals surface area contributed by atoms with E-state index in [1.165, 1.54) is 21.9 Å². The Morgan fingerprint density at radius 2 is 1.88 bits per heavy atom. The number of pyridine rings is 1. The zero-order valence-corrected chi connectivity index (χ0v) is 24.1. The summed E-state index contributed by atoms with van der Waals surface area (Å²) in [6, 6.07) is 7.05. The van der Waals surface area contributed by atoms with Gasteiger partial charge in [0.05, 0.1) is 22.3 Å². The zero-order chi connectivity index (χ0) is 29.6. The number of fused-ring (bicyclic) bond motifs is 1. The van der Waals surface area contributed by atoms with Gasteiger partial charge >= 0.3 is 11.5 Å². The number of aromatic hydroxyl groups is 1. The Balaban J connectivity index is 1.52. The van der Waals surface area contributed by atoms with Crippen molar-refractivity contribution in [1.29, 1.82) is 0 Å². The quantitative estimate of drug-likeness (QED) is 0.290. The molecule has 41 heavy (non-hydrogen) atoms. The number of rotatable bonds is 6. The summed E-state index contributed by atoms with van der Waals surface area (Å²) in [5, 5.41) is 6.98. The van der Waals surface area contributed by atoms with Crippen LogP contribution in [0.2, 0.25) is 10.0 Å². The number of carbonyl (C=O) groups is 2. The van der Waals surface area contributed by atoms with E-state index in [4.69, 9.17) is 45.3 Å². The summed E-state index contributed by atoms with van der Waals surface area (Å²) >= 11 is 18.8. The Hall–Kier alpha value is -3.03. The minimum absolute atomic E-state index is 0.00753. The molecule has 2 amide bonds. The molecule has 2 aliphatic rings. The van der Waals surface area contributed by atoms with Gasteiger partial charge in [0.25, 0.3) is 11.5 Å². The minimum atomic E-state index is -3.93. The third kappa shape index (κ3) is 5.71. The van der Waals surface area contributed by atoms with E-state index in [0.29, 0.717) is 29.7 Å². The van der Waals surface area contributed by atoms with Gasteiger partial charge in [-0.15, -0.1) is 0 Å². The Labute approximate surface area is 251 Å². The Kier molecular flexibility index (Phi) is 8.14. The van der Waals surface area contributed by atoms with Crippen molar-refractivity contribution in [2.75, 3.05) is 18.1 Å². The Morgan fingerprint density at radius 1 is 1.17 bits per heavy atom. The second kappa shape index (κ2) is 11.3. The number of phenols is 1. The average Bonchev–Trinajstić information content (AvgIpc) is 3.33. The first-order valence-corrected chi connectivity index (χ1v) is 14.1. The number of ether oxygens (including phenoxy) is 1. The summed E-state index contributed by atoms with van der Waals surface area (Å²) in [4.78, 5) is 43.8. The van der Waals surface area contributed by atoms with Crippen molar-refractivity contribution in [3.05, 3.63) is 78.7 Å². The molecule has 0 aliphatic carbocycles. The number of H-pyrrole nitrogens is 1. The molecule has 15 heteroatoms. The molecule has 3 heterocycles. The molecule has 4 N–H and O–H groups in total. The second-order valence-electron chi connectivity index (χ2n) is 9.30. The van der Waals surface area contributed by atoms with Crippen LogP contribution in [-0.2, 0) is 29.8 Å². The molecule has 0 unspecified atom stereocenters. The number of hydrogen-bond acceptors (Lipinski definition) is 7. The Bertz CT molecular complexity index is 1630. The molecule has 0 saturated carbocycles. The SMILES string of the molecule is NCc1ccc(Cl)c(Sc2cc(C(F)(F)Cl)[nH]c(=O)c2C(=O)N2Cc3cc(O)c(N4CCCOC4=O)cc3C2)c1Cl. The van der Waals surface area contributed by atoms with E-state index < -0.39 is 34.2 Å². The van der Waals surface area contributed by atoms with Gasteiger partial charge in [0.1, 0.15) is 17.0 Å². The monoisotopic (exact) mass is 644 g/mol. The molecular formula is C26H21Cl3F2N4O5S. The lowest BCUT2D eigenvalue weighted by Crippen LogP contribution is -2.37. The van der Waals surface area contributed by atoms with Crippen molar-refractivity contribution in [2.45, 2.75) is 41.2 Å². The fraction of sp³-hybridized carbons (Fsp3) is 0.269. The van der Waals surface area contributed by atoms with Crippen LogP contribution in [-0.4, -0.2) is 40.1 Å². The van der Waals surface area contributed by atoms with E-state index >= 15 is 0 Å². The van der Waals surface area contributed by atoms with E-state index in [2.05, 4.69) is 0 Å². The fourth-order valence-corrected chi connectivity index (χ4v) is 6.47. The summed E-state index contributed by atoms with van der Waals surface area (Å²) in [6.45, 7) is 0.711. The number of nitrogens with zero attached hydrogens (tertiary/aromatic N) is 2. The summed E-state index contributed by atoms with van der Waals surface area (Å²) in [7, 11) is 0. The number of phenolic OH excluding ortho intramolecular Hbond substituents is 1. The van der Waals surface area contributed by atoms with Gasteiger partial charge in [-0.2, -0.15) is 8.78 Å². The maximum atomic E-state index is 14.1. The number of nitrogens with two attached hydrogens (primary N) is 1. The summed E-state index contributed by atoms with van der Waals surface area (Å²) < 4.78 is 33.2. The predicted octanol–water partition coefficient (Wildman–Crippen LogP) is 5.79. The number of alkyl halides is 3. The highest BCUT2D eigenvalue weighted by molar-refractivity contribution is 7.99. The molecule has 2 aromatic carbocycles. The number of anilines is 1. The summed E-state index contributed by atoms with van der Waals surface area (Å²) in [5.41, 5.74) is 5.25. The van der Waals surface area contributed by atoms with Gasteiger partial charge < -0.3 is 25.5 Å². The molecule has 0 radical (unpaired) electrons. The van der Waals surface area contributed by atoms with Crippen LogP contribution < -0.4 is 16.2 Å². The van der Waals surface area contributed by atoms with E-state index in [-0.39, 0.29) is 57.5 Å². The highest BCUT2D eigenvalue weighted by Gasteiger charge is 2.35. The largest absolute Gasteiger partial charge is 0.506 e. The van der Waals surface area contributed by atoms with Crippen molar-refractivity contribution in [3.63, 3.8) is 0 Å². The second-order valence-corrected chi connectivity index (χ2v) is 11.6. The maximum Gasteiger partial charge on any atom is 0.414 e. The van der Waals surface area contributed by atoms with E-state index in [1.54, 1.807) is 12.1 Å². The standard InChI is InChI=1S/C26H21Cl3F2N4O5S/c27-15-3-2-12(9-32)21(28)22(15)41-18-8-19(26(29,30)31)33-23(37)20(18)24(38)34-10-13-6-16(17(36)7-14(13)11-34)35-4-1-5-40-25(35)39/h2-3,6-8,36H,1,4-5,9-11,32H2,(H,33,37). The molecule has 0 spiro atoms. The molecule has 0 bridgehead atoms. The highest BCUT2D eigenvalue weighted by atomic mass is 35.5. The van der Waals surface area contributed by atoms with Crippen LogP contribution in [0.5, 0.6) is 5.75 Å². The first kappa shape index (κ1) is 29.5. The molecule has 1 saturated heterocycles. The number of cyclic esters (lactones) is 1. The number of hydrogen-bond donors (Lipinski definition) is 3. The van der Waals surface area contributed by atoms with Crippen molar-refractivity contribution in [2.24, 2.45) is 5.73 Å². The van der Waals surface area contributed by atoms with E-state index in [0.717, 1.165) is 17.8 Å². The molecule has 1 fully saturated rings. The molecule has 9 nitrogen and oxygen atoms in total. The summed E-state index contributed by atoms with van der Waals surface area (Å²) in [5.74, 6) is -0.946. The number of halogens is 5. The number of aromatic nitrogens is 1. The number of carbonyl (C=O) groups excluding carboxylic acids is 2. The van der Waals surface area contributed by atoms with Crippen molar-refractivity contribution < 1.29 is 28.2 Å². The fourth-order valence-electron chi connectivity index (χ4n) is 4.62. The zero-order valence-electron chi connectivity index (χ0n) is 21.0. The number of amides is 2. The van der Waals surface area contributed by atoms with Gasteiger partial charge in [-0.1, -0.05) is 41.0 Å². The van der Waals surface area contributed by atoms with E-state index in [9.17, 15) is 28.3 Å². The van der Waals surface area contributed by atoms with Gasteiger partial charge in [-0.05, 0) is 59.0 Å². The normalized spacial score (nSPS) is 15.2. The first-order chi connectivity index (χ1) is 19.4. The van der Waals surface area contributed by atoms with Crippen molar-refractivity contribution in [3.8, 4) is 5.75 Å². The molecule has 0 atom stereocenters. The third-order valence-electron chi connectivity index (χ3n) is 6.65. The lowest BCUT2D eigenvalue weighted by Gasteiger charge is -2.27. The van der Waals surface area contributed by atoms with Gasteiger partial charge in [0.15, 0.2) is 0 Å². The predicted molar refractivity (Wildman–Crippen MR) is 150 cm³/mol. The number of nitrogens with one attached hydrogen (secondary N) is 1. The minimum Gasteiger partial charge on any atom is -0.506 e. The average molecular weight is 646 g/mol. The van der Waals surface area contributed by atoms with Gasteiger partial charge in [-0.3, -0.25) is 14.5 Å². The molecule has 3 aromatic rings. The van der Waals surface area contributed by atoms with Crippen LogP contribution in [0.4, 0.5) is 19.3 Å². The van der Waals surface area contributed by atoms with Crippen LogP contribution in [0.15, 0.2) is 44.9 Å². The number of aromatic amines is 1. The van der Waals surface area contributed by atoms with Crippen LogP contribution >= 0.6 is 46.6 Å². The van der Waals surface area contributed by atoms with Crippen LogP contribution in [0, 0.1) is 0 Å². The first-order valence-electron chi connectivity index (χ1n) is 12.2. The molecule has 2 aliphatic heterocycles. The smallest absolute Gasteiger partial charge is 0.414 e. The maximum absolute atomic E-state index is 14.1. The number of benzene rings is 2. The van der Waals surface area contributed by atoms with Gasteiger partial charge in [0, 0.05) is 36.0 Å². The third-order valence-corrected chi connectivity index (χ3v) is 8.99. The van der Waals surface area contributed by atoms with E-state index in [1.807, 2.05) is 4.98 Å². The van der Waals surface area contributed by atoms with Crippen molar-refractivity contribution in [1.82, 2.24) is 9.88 Å². The van der Waals surface area contributed by atoms with Gasteiger partial charge in [-0.25, -0.2) is 4.79 Å². The molecular weight excluding hydrogens is 625 g/mol. The highest BCUT2D eigenvalue weighted by Crippen LogP contribution is 2.43. The topological polar surface area (TPSA) is 129 Å². The van der Waals surface area contributed by atoms with Crippen LogP contribution in [0.3, 0.4) is 0 Å². The Morgan fingerprint density at radius 3 is 2.54 bits per heavy atom. The van der Waals surface area contributed by atoms with Gasteiger partial charge in [0.2, 0.25) is 0 Å².